The summed E-state index contributed by atoms with van der Waals surface area (Å²) < 4.78 is 39.6. The Morgan fingerprint density at radius 3 is 1.71 bits per heavy atom. The van der Waals surface area contributed by atoms with Gasteiger partial charge in [-0.05, 0) is 27.2 Å². The standard InChI is InChI=1S/C14H26F2O4Si/c1-9-13(10(17)19-5,11(18)20-12(2,3)4)14(15,16)21(6,7)8/h9H2,1-8H3. The van der Waals surface area contributed by atoms with E-state index in [1.54, 1.807) is 20.8 Å². The Morgan fingerprint density at radius 1 is 1.05 bits per heavy atom. The van der Waals surface area contributed by atoms with Gasteiger partial charge in [0.25, 0.3) is 5.55 Å². The van der Waals surface area contributed by atoms with Crippen LogP contribution in [0.25, 0.3) is 0 Å². The number of alkyl halides is 2. The lowest BCUT2D eigenvalue weighted by Crippen LogP contribution is -2.64. The molecule has 0 spiro atoms. The number of methoxy groups -OCH3 is 1. The first kappa shape index (κ1) is 20.0. The molecule has 0 fully saturated rings. The fourth-order valence-electron chi connectivity index (χ4n) is 2.03. The summed E-state index contributed by atoms with van der Waals surface area (Å²) in [6.45, 7) is 10.3. The predicted molar refractivity (Wildman–Crippen MR) is 78.9 cm³/mol. The van der Waals surface area contributed by atoms with E-state index in [2.05, 4.69) is 4.74 Å². The highest BCUT2D eigenvalue weighted by atomic mass is 28.3. The van der Waals surface area contributed by atoms with Crippen LogP contribution in [0.1, 0.15) is 34.1 Å². The summed E-state index contributed by atoms with van der Waals surface area (Å²) in [6.07, 6.45) is -0.383. The van der Waals surface area contributed by atoms with Crippen molar-refractivity contribution in [2.24, 2.45) is 5.41 Å². The Balaban J connectivity index is 6.15. The summed E-state index contributed by atoms with van der Waals surface area (Å²) in [5.41, 5.74) is -7.06. The van der Waals surface area contributed by atoms with E-state index in [1.165, 1.54) is 26.6 Å². The maximum atomic E-state index is 15.0. The molecule has 0 N–H and O–H groups in total. The summed E-state index contributed by atoms with van der Waals surface area (Å²) in [5.74, 6) is -2.47. The second-order valence-corrected chi connectivity index (χ2v) is 12.2. The average Bonchev–Trinajstić information content (AvgIpc) is 2.25. The molecule has 0 rings (SSSR count). The van der Waals surface area contributed by atoms with Gasteiger partial charge in [0.2, 0.25) is 5.41 Å². The molecule has 4 nitrogen and oxygen atoms in total. The normalized spacial score (nSPS) is 16.1. The zero-order valence-corrected chi connectivity index (χ0v) is 15.1. The minimum atomic E-state index is -3.50. The topological polar surface area (TPSA) is 52.6 Å². The highest BCUT2D eigenvalue weighted by Crippen LogP contribution is 2.48. The molecule has 0 heterocycles. The summed E-state index contributed by atoms with van der Waals surface area (Å²) in [4.78, 5) is 24.5. The summed E-state index contributed by atoms with van der Waals surface area (Å²) in [7, 11) is -2.20. The van der Waals surface area contributed by atoms with Gasteiger partial charge in [-0.25, -0.2) is 8.78 Å². The van der Waals surface area contributed by atoms with Crippen molar-refractivity contribution >= 4 is 20.0 Å². The zero-order valence-electron chi connectivity index (χ0n) is 14.1. The number of hydrogen-bond acceptors (Lipinski definition) is 4. The first-order valence-electron chi connectivity index (χ1n) is 6.87. The van der Waals surface area contributed by atoms with Crippen LogP contribution in [-0.4, -0.2) is 38.3 Å². The third kappa shape index (κ3) is 3.62. The minimum absolute atomic E-state index is 0.383. The van der Waals surface area contributed by atoms with Crippen LogP contribution in [0.5, 0.6) is 0 Å². The monoisotopic (exact) mass is 324 g/mol. The fourth-order valence-corrected chi connectivity index (χ4v) is 3.69. The molecule has 0 radical (unpaired) electrons. The van der Waals surface area contributed by atoms with Crippen LogP contribution in [0, 0.1) is 5.41 Å². The molecule has 7 heteroatoms. The van der Waals surface area contributed by atoms with E-state index in [1.807, 2.05) is 0 Å². The van der Waals surface area contributed by atoms with Crippen molar-refractivity contribution in [2.75, 3.05) is 7.11 Å². The van der Waals surface area contributed by atoms with E-state index in [0.29, 0.717) is 0 Å². The van der Waals surface area contributed by atoms with Gasteiger partial charge < -0.3 is 9.47 Å². The molecule has 0 aliphatic heterocycles. The second-order valence-electron chi connectivity index (χ2n) is 7.08. The van der Waals surface area contributed by atoms with Crippen molar-refractivity contribution in [1.29, 1.82) is 0 Å². The van der Waals surface area contributed by atoms with Gasteiger partial charge in [0.05, 0.1) is 7.11 Å². The molecule has 0 bridgehead atoms. The van der Waals surface area contributed by atoms with Crippen molar-refractivity contribution < 1.29 is 27.8 Å². The molecule has 0 saturated heterocycles. The average molecular weight is 324 g/mol. The number of ether oxygens (including phenoxy) is 2. The number of carbonyl (C=O) groups excluding carboxylic acids is 2. The van der Waals surface area contributed by atoms with Gasteiger partial charge in [-0.1, -0.05) is 26.6 Å². The fraction of sp³-hybridized carbons (Fsp3) is 0.857. The quantitative estimate of drug-likeness (QED) is 0.442. The van der Waals surface area contributed by atoms with Crippen LogP contribution in [0.3, 0.4) is 0 Å². The number of esters is 2. The van der Waals surface area contributed by atoms with Crippen LogP contribution in [-0.2, 0) is 19.1 Å². The van der Waals surface area contributed by atoms with Crippen LogP contribution in [0.2, 0.25) is 19.6 Å². The van der Waals surface area contributed by atoms with Gasteiger partial charge in [0.1, 0.15) is 13.7 Å². The van der Waals surface area contributed by atoms with Crippen molar-refractivity contribution in [3.8, 4) is 0 Å². The smallest absolute Gasteiger partial charge is 0.329 e. The molecule has 1 unspecified atom stereocenters. The van der Waals surface area contributed by atoms with Gasteiger partial charge in [-0.15, -0.1) is 0 Å². The highest BCUT2D eigenvalue weighted by Gasteiger charge is 2.70. The summed E-state index contributed by atoms with van der Waals surface area (Å²) in [5, 5.41) is 0. The van der Waals surface area contributed by atoms with Crippen LogP contribution in [0.15, 0.2) is 0 Å². The van der Waals surface area contributed by atoms with Crippen molar-refractivity contribution in [2.45, 2.75) is 64.9 Å². The minimum Gasteiger partial charge on any atom is -0.468 e. The third-order valence-corrected chi connectivity index (χ3v) is 5.60. The van der Waals surface area contributed by atoms with Crippen molar-refractivity contribution in [3.05, 3.63) is 0 Å². The van der Waals surface area contributed by atoms with Crippen molar-refractivity contribution in [3.63, 3.8) is 0 Å². The van der Waals surface area contributed by atoms with Gasteiger partial charge in [0, 0.05) is 0 Å². The van der Waals surface area contributed by atoms with Gasteiger partial charge in [0.15, 0.2) is 0 Å². The first-order valence-corrected chi connectivity index (χ1v) is 10.4. The maximum Gasteiger partial charge on any atom is 0.329 e. The molecule has 0 aliphatic carbocycles. The highest BCUT2D eigenvalue weighted by molar-refractivity contribution is 6.79. The number of rotatable bonds is 5. The van der Waals surface area contributed by atoms with E-state index < -0.39 is 36.6 Å². The van der Waals surface area contributed by atoms with E-state index in [-0.39, 0.29) is 6.42 Å². The Morgan fingerprint density at radius 2 is 1.48 bits per heavy atom. The maximum absolute atomic E-state index is 15.0. The van der Waals surface area contributed by atoms with Crippen molar-refractivity contribution in [1.82, 2.24) is 0 Å². The van der Waals surface area contributed by atoms with Crippen LogP contribution in [0.4, 0.5) is 8.78 Å². The van der Waals surface area contributed by atoms with Gasteiger partial charge in [-0.3, -0.25) is 9.59 Å². The molecule has 124 valence electrons. The van der Waals surface area contributed by atoms with Gasteiger partial charge >= 0.3 is 11.9 Å². The third-order valence-electron chi connectivity index (χ3n) is 3.29. The number of carbonyl (C=O) groups is 2. The molecule has 0 aromatic carbocycles. The Kier molecular flexibility index (Phi) is 5.74. The summed E-state index contributed by atoms with van der Waals surface area (Å²) >= 11 is 0. The zero-order chi connectivity index (χ0) is 17.3. The molecule has 0 aliphatic rings. The lowest BCUT2D eigenvalue weighted by molar-refractivity contribution is -0.196. The van der Waals surface area contributed by atoms with E-state index in [9.17, 15) is 18.4 Å². The Labute approximate surface area is 126 Å². The lowest BCUT2D eigenvalue weighted by Gasteiger charge is -2.42. The lowest BCUT2D eigenvalue weighted by atomic mass is 9.84. The predicted octanol–water partition coefficient (Wildman–Crippen LogP) is 3.41. The van der Waals surface area contributed by atoms with E-state index in [4.69, 9.17) is 4.74 Å². The molecule has 0 amide bonds. The molecular formula is C14H26F2O4Si. The summed E-state index contributed by atoms with van der Waals surface area (Å²) in [6, 6.07) is 0. The Hall–Kier alpha value is -0.983. The number of halogens is 2. The van der Waals surface area contributed by atoms with Crippen LogP contribution >= 0.6 is 0 Å². The Bertz CT molecular complexity index is 410. The molecule has 21 heavy (non-hydrogen) atoms. The number of hydrogen-bond donors (Lipinski definition) is 0. The van der Waals surface area contributed by atoms with E-state index >= 15 is 0 Å². The second kappa shape index (κ2) is 6.02. The van der Waals surface area contributed by atoms with Crippen LogP contribution < -0.4 is 0 Å². The van der Waals surface area contributed by atoms with E-state index in [0.717, 1.165) is 7.11 Å². The molecule has 0 saturated carbocycles. The molecule has 0 aromatic heterocycles. The largest absolute Gasteiger partial charge is 0.468 e. The SMILES string of the molecule is CCC(C(=O)OC)(C(=O)OC(C)(C)C)C(F)(F)[Si](C)(C)C. The molecule has 1 atom stereocenters. The first-order chi connectivity index (χ1) is 9.17. The molecule has 0 aromatic rings. The molecular weight excluding hydrogens is 298 g/mol. The van der Waals surface area contributed by atoms with Gasteiger partial charge in [-0.2, -0.15) is 0 Å².